The molecule has 8 unspecified atom stereocenters. The number of nitrogens with one attached hydrogen (secondary N) is 2. The summed E-state index contributed by atoms with van der Waals surface area (Å²) in [5.74, 6) is -4.46. The Morgan fingerprint density at radius 3 is 1.39 bits per heavy atom. The lowest BCUT2D eigenvalue weighted by atomic mass is 9.89. The van der Waals surface area contributed by atoms with Gasteiger partial charge in [0.05, 0.1) is 11.8 Å². The second-order valence-electron chi connectivity index (χ2n) is 24.2. The van der Waals surface area contributed by atoms with Gasteiger partial charge >= 0.3 is 11.9 Å². The van der Waals surface area contributed by atoms with Crippen LogP contribution in [0.25, 0.3) is 22.3 Å². The number of hydrogen-bond donors (Lipinski definition) is 4. The lowest BCUT2D eigenvalue weighted by Gasteiger charge is -2.29. The number of carbonyl (C=O) groups is 4. The van der Waals surface area contributed by atoms with E-state index in [1.807, 2.05) is 185 Å². The summed E-state index contributed by atoms with van der Waals surface area (Å²) < 4.78 is 39.6. The Bertz CT molecular complexity index is 3100. The van der Waals surface area contributed by atoms with Crippen LogP contribution in [-0.2, 0) is 69.9 Å². The molecule has 0 aliphatic carbocycles. The molecule has 0 fully saturated rings. The van der Waals surface area contributed by atoms with E-state index < -0.39 is 73.6 Å². The third kappa shape index (κ3) is 21.4. The van der Waals surface area contributed by atoms with E-state index in [1.165, 1.54) is 0 Å². The fraction of sp³-hybridized carbons (Fsp3) is 0.412. The number of carbonyl (C=O) groups excluding carboxylic acids is 4. The smallest absolute Gasteiger partial charge is 0.329 e. The van der Waals surface area contributed by atoms with Gasteiger partial charge in [-0.3, -0.25) is 18.7 Å². The number of hydrogen-bond acceptors (Lipinski definition) is 8. The lowest BCUT2D eigenvalue weighted by molar-refractivity contribution is -0.160. The standard InChI is InChI=1S/C68H86N2O10P2/c1-10-49(3)62(66(74)80-68(7,8)9)70-64(72)59(47-82(77,78)41-39-51-24-16-12-17-25-51)45-53-32-36-56(37-33-53)60-29-21-20-28-57(60)42-48(2)43-61(65(73)79-67(4,5)6)69-63(71)58(46-81(75,76)40-38-50-22-14-11-15-23-50)44-52-30-34-55(35-31-52)54-26-18-13-19-27-54/h11-37,48-49,58-59,61-62H,10,38-47H2,1-9H3,(H,69,71)(H,70,72)(H,75,76)(H,77,78). The van der Waals surface area contributed by atoms with Crippen molar-refractivity contribution in [2.24, 2.45) is 23.7 Å². The van der Waals surface area contributed by atoms with Crippen LogP contribution >= 0.6 is 14.7 Å². The zero-order chi connectivity index (χ0) is 59.7. The van der Waals surface area contributed by atoms with Crippen molar-refractivity contribution in [1.29, 1.82) is 0 Å². The molecular formula is C68H86N2O10P2. The van der Waals surface area contributed by atoms with Gasteiger partial charge in [0, 0.05) is 24.6 Å². The summed E-state index contributed by atoms with van der Waals surface area (Å²) in [6.45, 7) is 16.4. The molecule has 0 spiro atoms. The van der Waals surface area contributed by atoms with Crippen LogP contribution in [0, 0.1) is 23.7 Å². The van der Waals surface area contributed by atoms with E-state index in [2.05, 4.69) is 10.6 Å². The molecule has 0 aliphatic rings. The Morgan fingerprint density at radius 1 is 0.500 bits per heavy atom. The number of ether oxygens (including phenoxy) is 2. The molecule has 0 aliphatic heterocycles. The first kappa shape index (κ1) is 64.7. The van der Waals surface area contributed by atoms with Crippen molar-refractivity contribution in [3.8, 4) is 22.3 Å². The SMILES string of the molecule is CCC(C)C(NC(=O)C(Cc1ccc(-c2ccccc2CC(C)CC(NC(=O)C(Cc2ccc(-c3ccccc3)cc2)CP(=O)(O)CCc2ccccc2)C(=O)OC(C)(C)C)cc1)CP(=O)(O)CCc1ccccc1)C(=O)OC(C)(C)C. The highest BCUT2D eigenvalue weighted by Gasteiger charge is 2.37. The van der Waals surface area contributed by atoms with Crippen LogP contribution in [0.5, 0.6) is 0 Å². The molecule has 0 heterocycles. The predicted molar refractivity (Wildman–Crippen MR) is 330 cm³/mol. The van der Waals surface area contributed by atoms with E-state index in [0.717, 1.165) is 50.1 Å². The zero-order valence-electron chi connectivity index (χ0n) is 49.4. The number of benzene rings is 6. The third-order valence-corrected chi connectivity index (χ3v) is 18.5. The van der Waals surface area contributed by atoms with Crippen molar-refractivity contribution < 1.29 is 47.6 Å². The van der Waals surface area contributed by atoms with Gasteiger partial charge < -0.3 is 29.9 Å². The predicted octanol–water partition coefficient (Wildman–Crippen LogP) is 13.3. The molecule has 82 heavy (non-hydrogen) atoms. The van der Waals surface area contributed by atoms with Gasteiger partial charge in [-0.2, -0.15) is 0 Å². The largest absolute Gasteiger partial charge is 0.458 e. The molecule has 0 saturated carbocycles. The van der Waals surface area contributed by atoms with Crippen molar-refractivity contribution in [1.82, 2.24) is 10.6 Å². The first-order valence-corrected chi connectivity index (χ1v) is 32.9. The van der Waals surface area contributed by atoms with Gasteiger partial charge in [-0.15, -0.1) is 0 Å². The van der Waals surface area contributed by atoms with Crippen LogP contribution in [0.2, 0.25) is 0 Å². The van der Waals surface area contributed by atoms with Crippen molar-refractivity contribution in [2.75, 3.05) is 24.6 Å². The molecule has 2 amide bonds. The van der Waals surface area contributed by atoms with E-state index >= 15 is 0 Å². The molecule has 438 valence electrons. The van der Waals surface area contributed by atoms with E-state index in [0.29, 0.717) is 25.7 Å². The van der Waals surface area contributed by atoms with Crippen LogP contribution < -0.4 is 10.6 Å². The minimum atomic E-state index is -3.86. The quantitative estimate of drug-likeness (QED) is 0.0272. The first-order valence-electron chi connectivity index (χ1n) is 28.8. The highest BCUT2D eigenvalue weighted by molar-refractivity contribution is 7.58. The van der Waals surface area contributed by atoms with Crippen molar-refractivity contribution in [2.45, 2.75) is 131 Å². The molecule has 8 atom stereocenters. The maximum absolute atomic E-state index is 14.7. The van der Waals surface area contributed by atoms with Gasteiger partial charge in [0.1, 0.15) is 23.3 Å². The van der Waals surface area contributed by atoms with Crippen LogP contribution in [0.4, 0.5) is 0 Å². The Kier molecular flexibility index (Phi) is 23.5. The summed E-state index contributed by atoms with van der Waals surface area (Å²) in [5.41, 5.74) is 6.64. The Balaban J connectivity index is 1.21. The summed E-state index contributed by atoms with van der Waals surface area (Å²) in [7, 11) is -7.71. The normalized spacial score (nSPS) is 15.5. The monoisotopic (exact) mass is 1150 g/mol. The summed E-state index contributed by atoms with van der Waals surface area (Å²) in [6.07, 6.45) is 1.83. The van der Waals surface area contributed by atoms with Gasteiger partial charge in [0.15, 0.2) is 0 Å². The van der Waals surface area contributed by atoms with E-state index in [4.69, 9.17) is 9.47 Å². The second kappa shape index (κ2) is 29.7. The molecule has 0 radical (unpaired) electrons. The Hall–Kier alpha value is -6.42. The molecule has 0 aromatic heterocycles. The van der Waals surface area contributed by atoms with E-state index in [1.54, 1.807) is 41.5 Å². The third-order valence-electron chi connectivity index (χ3n) is 14.6. The molecule has 0 bridgehead atoms. The van der Waals surface area contributed by atoms with Crippen molar-refractivity contribution in [3.05, 3.63) is 192 Å². The molecule has 4 N–H and O–H groups in total. The second-order valence-corrected chi connectivity index (χ2v) is 29.3. The van der Waals surface area contributed by atoms with Crippen LogP contribution in [0.1, 0.15) is 103 Å². The van der Waals surface area contributed by atoms with Gasteiger partial charge in [0.25, 0.3) is 0 Å². The molecule has 14 heteroatoms. The van der Waals surface area contributed by atoms with Gasteiger partial charge in [-0.1, -0.05) is 191 Å². The molecule has 0 saturated heterocycles. The molecule has 6 aromatic rings. The summed E-state index contributed by atoms with van der Waals surface area (Å²) in [5, 5.41) is 5.95. The minimum absolute atomic E-state index is 0.00117. The maximum atomic E-state index is 14.7. The average molecular weight is 1150 g/mol. The Morgan fingerprint density at radius 2 is 0.915 bits per heavy atom. The molecule has 6 rings (SSSR count). The summed E-state index contributed by atoms with van der Waals surface area (Å²) in [4.78, 5) is 79.6. The molecular weight excluding hydrogens is 1070 g/mol. The maximum Gasteiger partial charge on any atom is 0.329 e. The highest BCUT2D eigenvalue weighted by atomic mass is 31.2. The average Bonchev–Trinajstić information content (AvgIpc) is 3.64. The number of rotatable bonds is 28. The number of esters is 2. The lowest BCUT2D eigenvalue weighted by Crippen LogP contribution is -2.50. The Labute approximate surface area is 487 Å². The van der Waals surface area contributed by atoms with Crippen LogP contribution in [0.15, 0.2) is 164 Å². The van der Waals surface area contributed by atoms with Crippen LogP contribution in [-0.4, -0.2) is 81.5 Å². The van der Waals surface area contributed by atoms with Gasteiger partial charge in [-0.25, -0.2) is 9.59 Å². The molecule has 6 aromatic carbocycles. The van der Waals surface area contributed by atoms with Crippen LogP contribution in [0.3, 0.4) is 0 Å². The van der Waals surface area contributed by atoms with Gasteiger partial charge in [0.2, 0.25) is 26.6 Å². The topological polar surface area (TPSA) is 185 Å². The number of aryl methyl sites for hydroxylation is 2. The number of amides is 2. The minimum Gasteiger partial charge on any atom is -0.458 e. The zero-order valence-corrected chi connectivity index (χ0v) is 51.2. The van der Waals surface area contributed by atoms with Gasteiger partial charge in [-0.05, 0) is 142 Å². The highest BCUT2D eigenvalue weighted by Crippen LogP contribution is 2.45. The molecule has 12 nitrogen and oxygen atoms in total. The van der Waals surface area contributed by atoms with Crippen molar-refractivity contribution in [3.63, 3.8) is 0 Å². The van der Waals surface area contributed by atoms with E-state index in [9.17, 15) is 38.1 Å². The summed E-state index contributed by atoms with van der Waals surface area (Å²) in [6, 6.07) is 50.4. The fourth-order valence-electron chi connectivity index (χ4n) is 10.1. The summed E-state index contributed by atoms with van der Waals surface area (Å²) >= 11 is 0. The van der Waals surface area contributed by atoms with E-state index in [-0.39, 0.29) is 55.7 Å². The first-order chi connectivity index (χ1) is 38.7. The fourth-order valence-corrected chi connectivity index (χ4v) is 13.7. The van der Waals surface area contributed by atoms with Crippen molar-refractivity contribution >= 4 is 38.5 Å².